The van der Waals surface area contributed by atoms with E-state index in [1.54, 1.807) is 0 Å². The molecule has 90 valence electrons. The molecule has 2 N–H and O–H groups in total. The topological polar surface area (TPSA) is 55.3 Å². The molecule has 1 saturated heterocycles. The molecule has 0 radical (unpaired) electrons. The highest BCUT2D eigenvalue weighted by molar-refractivity contribution is 5.05. The van der Waals surface area contributed by atoms with E-state index in [4.69, 9.17) is 10.2 Å². The quantitative estimate of drug-likeness (QED) is 0.844. The van der Waals surface area contributed by atoms with Gasteiger partial charge in [-0.15, -0.1) is 0 Å². The predicted octanol–water partition coefficient (Wildman–Crippen LogP) is 1.55. The lowest BCUT2D eigenvalue weighted by molar-refractivity contribution is 0.227. The van der Waals surface area contributed by atoms with Crippen molar-refractivity contribution in [1.29, 1.82) is 0 Å². The number of aromatic nitrogens is 1. The molecular formula is C12H21N3O. The average Bonchev–Trinajstić information content (AvgIpc) is 2.77. The number of nitrogens with two attached hydrogens (primary N) is 1. The van der Waals surface area contributed by atoms with Gasteiger partial charge in [-0.2, -0.15) is 0 Å². The summed E-state index contributed by atoms with van der Waals surface area (Å²) < 4.78 is 5.81. The van der Waals surface area contributed by atoms with Crippen LogP contribution < -0.4 is 5.73 Å². The van der Waals surface area contributed by atoms with Crippen LogP contribution in [0.15, 0.2) is 10.6 Å². The Balaban J connectivity index is 2.06. The Labute approximate surface area is 96.8 Å². The average molecular weight is 223 g/mol. The van der Waals surface area contributed by atoms with E-state index < -0.39 is 0 Å². The highest BCUT2D eigenvalue weighted by Gasteiger charge is 2.23. The summed E-state index contributed by atoms with van der Waals surface area (Å²) in [5.74, 6) is 2.53. The Hall–Kier alpha value is -0.870. The summed E-state index contributed by atoms with van der Waals surface area (Å²) in [7, 11) is 2.15. The molecule has 1 aliphatic rings. The second kappa shape index (κ2) is 4.97. The monoisotopic (exact) mass is 223 g/mol. The van der Waals surface area contributed by atoms with Crippen LogP contribution in [0, 0.1) is 0 Å². The molecule has 1 aromatic rings. The smallest absolute Gasteiger partial charge is 0.198 e. The molecule has 0 spiro atoms. The van der Waals surface area contributed by atoms with Crippen molar-refractivity contribution in [1.82, 2.24) is 9.88 Å². The van der Waals surface area contributed by atoms with Crippen LogP contribution in [-0.4, -0.2) is 36.6 Å². The molecule has 2 heterocycles. The van der Waals surface area contributed by atoms with Crippen LogP contribution in [0.4, 0.5) is 0 Å². The summed E-state index contributed by atoms with van der Waals surface area (Å²) in [5, 5.41) is 0. The fourth-order valence-electron chi connectivity index (χ4n) is 2.20. The number of nitrogens with zero attached hydrogens (tertiary/aromatic N) is 2. The summed E-state index contributed by atoms with van der Waals surface area (Å²) >= 11 is 0. The second-order valence-corrected chi connectivity index (χ2v) is 4.84. The molecule has 0 bridgehead atoms. The van der Waals surface area contributed by atoms with Gasteiger partial charge in [0.2, 0.25) is 0 Å². The summed E-state index contributed by atoms with van der Waals surface area (Å²) in [6.07, 6.45) is 4.24. The van der Waals surface area contributed by atoms with E-state index in [0.29, 0.717) is 12.5 Å². The number of likely N-dealkylation sites (tertiary alicyclic amines) is 1. The van der Waals surface area contributed by atoms with Gasteiger partial charge < -0.3 is 15.1 Å². The van der Waals surface area contributed by atoms with Crippen LogP contribution in [0.25, 0.3) is 0 Å². The van der Waals surface area contributed by atoms with Crippen LogP contribution in [-0.2, 0) is 0 Å². The van der Waals surface area contributed by atoms with Gasteiger partial charge in [-0.25, -0.2) is 4.98 Å². The number of hydrogen-bond donors (Lipinski definition) is 1. The first-order chi connectivity index (χ1) is 7.70. The molecule has 1 aliphatic heterocycles. The van der Waals surface area contributed by atoms with Gasteiger partial charge in [-0.1, -0.05) is 6.92 Å². The standard InChI is InChI=1S/C12H21N3O/c1-9(6-13)11-7-14-12(16-11)10-4-3-5-15(2)8-10/h7,9-10H,3-6,8,13H2,1-2H3. The molecule has 0 amide bonds. The van der Waals surface area contributed by atoms with Gasteiger partial charge in [-0.3, -0.25) is 0 Å². The Morgan fingerprint density at radius 1 is 1.69 bits per heavy atom. The molecule has 0 saturated carbocycles. The lowest BCUT2D eigenvalue weighted by atomic mass is 9.99. The third-order valence-corrected chi connectivity index (χ3v) is 3.35. The van der Waals surface area contributed by atoms with Crippen LogP contribution in [0.5, 0.6) is 0 Å². The largest absolute Gasteiger partial charge is 0.445 e. The maximum atomic E-state index is 5.81. The Bertz CT molecular complexity index is 337. The Morgan fingerprint density at radius 2 is 2.50 bits per heavy atom. The van der Waals surface area contributed by atoms with Crippen LogP contribution >= 0.6 is 0 Å². The zero-order valence-corrected chi connectivity index (χ0v) is 10.1. The van der Waals surface area contributed by atoms with Gasteiger partial charge in [0.1, 0.15) is 5.76 Å². The lowest BCUT2D eigenvalue weighted by Crippen LogP contribution is -2.30. The highest BCUT2D eigenvalue weighted by atomic mass is 16.4. The minimum Gasteiger partial charge on any atom is -0.445 e. The number of rotatable bonds is 3. The minimum atomic E-state index is 0.266. The summed E-state index contributed by atoms with van der Waals surface area (Å²) in [5.41, 5.74) is 5.62. The molecular weight excluding hydrogens is 202 g/mol. The van der Waals surface area contributed by atoms with E-state index in [-0.39, 0.29) is 5.92 Å². The van der Waals surface area contributed by atoms with E-state index in [1.165, 1.54) is 19.4 Å². The first-order valence-electron chi connectivity index (χ1n) is 6.05. The van der Waals surface area contributed by atoms with E-state index in [2.05, 4.69) is 23.9 Å². The van der Waals surface area contributed by atoms with Gasteiger partial charge in [0, 0.05) is 24.9 Å². The molecule has 4 nitrogen and oxygen atoms in total. The van der Waals surface area contributed by atoms with E-state index in [0.717, 1.165) is 18.2 Å². The number of hydrogen-bond acceptors (Lipinski definition) is 4. The molecule has 2 atom stereocenters. The van der Waals surface area contributed by atoms with Crippen molar-refractivity contribution in [3.05, 3.63) is 17.8 Å². The fraction of sp³-hybridized carbons (Fsp3) is 0.750. The minimum absolute atomic E-state index is 0.266. The first-order valence-corrected chi connectivity index (χ1v) is 6.05. The van der Waals surface area contributed by atoms with E-state index >= 15 is 0 Å². The Morgan fingerprint density at radius 3 is 3.19 bits per heavy atom. The van der Waals surface area contributed by atoms with Gasteiger partial charge in [0.25, 0.3) is 0 Å². The lowest BCUT2D eigenvalue weighted by Gasteiger charge is -2.27. The van der Waals surface area contributed by atoms with Crippen molar-refractivity contribution in [2.45, 2.75) is 31.6 Å². The summed E-state index contributed by atoms with van der Waals surface area (Å²) in [6.45, 7) is 4.91. The SMILES string of the molecule is CC(CN)c1cnc(C2CCCN(C)C2)o1. The highest BCUT2D eigenvalue weighted by Crippen LogP contribution is 2.27. The molecule has 0 aliphatic carbocycles. The van der Waals surface area contributed by atoms with Gasteiger partial charge in [0.15, 0.2) is 5.89 Å². The molecule has 2 unspecified atom stereocenters. The number of oxazole rings is 1. The van der Waals surface area contributed by atoms with Crippen LogP contribution in [0.1, 0.15) is 43.3 Å². The van der Waals surface area contributed by atoms with Crippen LogP contribution in [0.2, 0.25) is 0 Å². The van der Waals surface area contributed by atoms with Crippen molar-refractivity contribution in [3.63, 3.8) is 0 Å². The number of piperidine rings is 1. The van der Waals surface area contributed by atoms with Gasteiger partial charge in [-0.05, 0) is 26.4 Å². The number of likely N-dealkylation sites (N-methyl/N-ethyl adjacent to an activating group) is 1. The van der Waals surface area contributed by atoms with Crippen molar-refractivity contribution < 1.29 is 4.42 Å². The zero-order valence-electron chi connectivity index (χ0n) is 10.1. The normalized spacial score (nSPS) is 24.6. The molecule has 4 heteroatoms. The Kier molecular flexibility index (Phi) is 3.61. The van der Waals surface area contributed by atoms with Crippen molar-refractivity contribution >= 4 is 0 Å². The zero-order chi connectivity index (χ0) is 11.5. The van der Waals surface area contributed by atoms with Crippen LogP contribution in [0.3, 0.4) is 0 Å². The van der Waals surface area contributed by atoms with E-state index in [1.807, 2.05) is 6.20 Å². The second-order valence-electron chi connectivity index (χ2n) is 4.84. The summed E-state index contributed by atoms with van der Waals surface area (Å²) in [4.78, 5) is 6.73. The third-order valence-electron chi connectivity index (χ3n) is 3.35. The van der Waals surface area contributed by atoms with E-state index in [9.17, 15) is 0 Å². The molecule has 16 heavy (non-hydrogen) atoms. The summed E-state index contributed by atoms with van der Waals surface area (Å²) in [6, 6.07) is 0. The molecule has 1 aromatic heterocycles. The van der Waals surface area contributed by atoms with Gasteiger partial charge >= 0.3 is 0 Å². The molecule has 2 rings (SSSR count). The van der Waals surface area contributed by atoms with Gasteiger partial charge in [0.05, 0.1) is 6.20 Å². The van der Waals surface area contributed by atoms with Crippen molar-refractivity contribution in [2.24, 2.45) is 5.73 Å². The predicted molar refractivity (Wildman–Crippen MR) is 63.4 cm³/mol. The van der Waals surface area contributed by atoms with Crippen molar-refractivity contribution in [3.8, 4) is 0 Å². The first kappa shape index (κ1) is 11.6. The van der Waals surface area contributed by atoms with Crippen molar-refractivity contribution in [2.75, 3.05) is 26.7 Å². The maximum absolute atomic E-state index is 5.81. The fourth-order valence-corrected chi connectivity index (χ4v) is 2.20. The third kappa shape index (κ3) is 2.44. The maximum Gasteiger partial charge on any atom is 0.198 e. The molecule has 1 fully saturated rings. The molecule has 0 aromatic carbocycles.